The minimum absolute atomic E-state index is 0.125. The molecular formula is C39H57N5O4S. The van der Waals surface area contributed by atoms with Gasteiger partial charge in [0, 0.05) is 48.7 Å². The first-order chi connectivity index (χ1) is 23.4. The topological polar surface area (TPSA) is 126 Å². The second-order valence-electron chi connectivity index (χ2n) is 11.1. The number of hydrogen-bond donors (Lipinski definition) is 3. The van der Waals surface area contributed by atoms with Crippen molar-refractivity contribution < 1.29 is 19.5 Å². The Hall–Kier alpha value is -4.57. The number of aliphatic carboxylic acids is 1. The van der Waals surface area contributed by atoms with Crippen molar-refractivity contribution in [3.63, 3.8) is 0 Å². The zero-order chi connectivity index (χ0) is 37.2. The highest BCUT2D eigenvalue weighted by Crippen LogP contribution is 2.29. The predicted molar refractivity (Wildman–Crippen MR) is 206 cm³/mol. The highest BCUT2D eigenvalue weighted by molar-refractivity contribution is 7.14. The number of rotatable bonds is 11. The van der Waals surface area contributed by atoms with Gasteiger partial charge in [-0.1, -0.05) is 85.6 Å². The minimum atomic E-state index is -0.693. The number of carboxylic acids is 1. The maximum Gasteiger partial charge on any atom is 0.303 e. The number of amides is 2. The smallest absolute Gasteiger partial charge is 0.303 e. The summed E-state index contributed by atoms with van der Waals surface area (Å²) in [5.74, 6) is -0.429. The summed E-state index contributed by atoms with van der Waals surface area (Å²) in [4.78, 5) is 42.8. The number of thiazole rings is 1. The molecule has 0 bridgehead atoms. The summed E-state index contributed by atoms with van der Waals surface area (Å²) in [6.45, 7) is 20.0. The highest BCUT2D eigenvalue weighted by Gasteiger charge is 2.12. The van der Waals surface area contributed by atoms with E-state index in [-0.39, 0.29) is 18.4 Å². The summed E-state index contributed by atoms with van der Waals surface area (Å²) < 4.78 is 1.77. The average Bonchev–Trinajstić information content (AvgIpc) is 3.77. The lowest BCUT2D eigenvalue weighted by atomic mass is 10.0. The second kappa shape index (κ2) is 26.4. The van der Waals surface area contributed by atoms with Crippen molar-refractivity contribution in [2.75, 3.05) is 11.9 Å². The van der Waals surface area contributed by atoms with E-state index < -0.39 is 5.97 Å². The van der Waals surface area contributed by atoms with Gasteiger partial charge >= 0.3 is 5.97 Å². The van der Waals surface area contributed by atoms with Crippen molar-refractivity contribution in [1.29, 1.82) is 0 Å². The van der Waals surface area contributed by atoms with E-state index in [1.54, 1.807) is 29.2 Å². The van der Waals surface area contributed by atoms with Gasteiger partial charge in [-0.05, 0) is 61.1 Å². The van der Waals surface area contributed by atoms with Gasteiger partial charge in [0.25, 0.3) is 5.91 Å². The lowest BCUT2D eigenvalue weighted by Gasteiger charge is -2.05. The van der Waals surface area contributed by atoms with Crippen LogP contribution in [0.15, 0.2) is 79.1 Å². The molecule has 3 aromatic heterocycles. The lowest BCUT2D eigenvalue weighted by molar-refractivity contribution is -0.137. The van der Waals surface area contributed by atoms with Gasteiger partial charge < -0.3 is 20.3 Å². The number of aryl methyl sites for hydroxylation is 2. The van der Waals surface area contributed by atoms with Gasteiger partial charge in [-0.25, -0.2) is 4.98 Å². The van der Waals surface area contributed by atoms with Crippen LogP contribution in [0.25, 0.3) is 22.4 Å². The minimum Gasteiger partial charge on any atom is -0.481 e. The Morgan fingerprint density at radius 1 is 1.04 bits per heavy atom. The van der Waals surface area contributed by atoms with Crippen LogP contribution < -0.4 is 10.6 Å². The number of nitrogens with zero attached hydrogens (tertiary/aromatic N) is 3. The number of benzene rings is 1. The Morgan fingerprint density at radius 3 is 2.18 bits per heavy atom. The number of carbonyl (C=O) groups excluding carboxylic acids is 2. The quantitative estimate of drug-likeness (QED) is 0.134. The molecule has 0 unspecified atom stereocenters. The van der Waals surface area contributed by atoms with Gasteiger partial charge in [-0.2, -0.15) is 0 Å². The van der Waals surface area contributed by atoms with Crippen LogP contribution >= 0.6 is 11.3 Å². The predicted octanol–water partition coefficient (Wildman–Crippen LogP) is 9.81. The average molecular weight is 692 g/mol. The zero-order valence-electron chi connectivity index (χ0n) is 30.9. The summed E-state index contributed by atoms with van der Waals surface area (Å²) in [6, 6.07) is 13.8. The first-order valence-corrected chi connectivity index (χ1v) is 17.8. The Balaban J connectivity index is 0.00000106. The largest absolute Gasteiger partial charge is 0.481 e. The molecule has 0 spiro atoms. The van der Waals surface area contributed by atoms with Gasteiger partial charge in [-0.15, -0.1) is 17.9 Å². The number of carboxylic acid groups (broad SMARTS) is 1. The summed E-state index contributed by atoms with van der Waals surface area (Å²) >= 11 is 1.34. The van der Waals surface area contributed by atoms with E-state index >= 15 is 0 Å². The number of hydrogen-bond acceptors (Lipinski definition) is 6. The molecule has 4 rings (SSSR count). The fourth-order valence-electron chi connectivity index (χ4n) is 3.44. The van der Waals surface area contributed by atoms with E-state index in [9.17, 15) is 14.4 Å². The van der Waals surface area contributed by atoms with Crippen LogP contribution in [0.2, 0.25) is 0 Å². The van der Waals surface area contributed by atoms with Crippen molar-refractivity contribution in [2.45, 2.75) is 87.5 Å². The number of pyridine rings is 1. The molecule has 2 amide bonds. The van der Waals surface area contributed by atoms with Crippen LogP contribution in [0.1, 0.15) is 96.6 Å². The fraction of sp³-hybridized carbons (Fsp3) is 0.410. The molecule has 0 aliphatic heterocycles. The molecule has 0 aliphatic carbocycles. The molecule has 4 aromatic rings. The molecule has 0 fully saturated rings. The van der Waals surface area contributed by atoms with Crippen molar-refractivity contribution in [2.24, 2.45) is 13.0 Å². The molecular weight excluding hydrogens is 635 g/mol. The number of carbonyl (C=O) groups is 3. The monoisotopic (exact) mass is 691 g/mol. The van der Waals surface area contributed by atoms with Crippen LogP contribution in [0, 0.1) is 12.8 Å². The molecule has 49 heavy (non-hydrogen) atoms. The molecule has 9 nitrogen and oxygen atoms in total. The van der Waals surface area contributed by atoms with Crippen LogP contribution in [0.5, 0.6) is 0 Å². The molecule has 1 aromatic carbocycles. The Morgan fingerprint density at radius 2 is 1.67 bits per heavy atom. The van der Waals surface area contributed by atoms with Gasteiger partial charge in [0.1, 0.15) is 0 Å². The van der Waals surface area contributed by atoms with E-state index in [2.05, 4.69) is 60.9 Å². The second-order valence-corrected chi connectivity index (χ2v) is 12.0. The van der Waals surface area contributed by atoms with E-state index in [1.807, 2.05) is 76.5 Å². The van der Waals surface area contributed by atoms with Crippen molar-refractivity contribution in [3.8, 4) is 22.4 Å². The molecule has 3 N–H and O–H groups in total. The summed E-state index contributed by atoms with van der Waals surface area (Å²) in [7, 11) is 1.83. The van der Waals surface area contributed by atoms with Gasteiger partial charge in [0.15, 0.2) is 5.13 Å². The molecule has 10 heteroatoms. The van der Waals surface area contributed by atoms with Crippen molar-refractivity contribution in [1.82, 2.24) is 19.9 Å². The highest BCUT2D eigenvalue weighted by atomic mass is 32.1. The molecule has 0 saturated carbocycles. The summed E-state index contributed by atoms with van der Waals surface area (Å²) in [6.07, 6.45) is 11.6. The molecule has 3 heterocycles. The van der Waals surface area contributed by atoms with Crippen LogP contribution in [-0.4, -0.2) is 44.0 Å². The van der Waals surface area contributed by atoms with Crippen LogP contribution in [-0.2, 0) is 16.6 Å². The first-order valence-electron chi connectivity index (χ1n) is 16.9. The number of nitrogens with one attached hydrogen (secondary N) is 2. The SMILES string of the molecule is C=CCC.CC.CCC(C)C.CCCCC(=O)O.Cc1cc(-c2cccc(-c3csc(NC(=O)CNC(=O)c4ccn(C)c4)n3)c2)ccn1. The Labute approximate surface area is 297 Å². The normalized spacial score (nSPS) is 9.59. The maximum absolute atomic E-state index is 12.2. The Kier molecular flexibility index (Phi) is 23.9. The van der Waals surface area contributed by atoms with Crippen molar-refractivity contribution in [3.05, 3.63) is 90.3 Å². The standard InChI is InChI=1S/C23H21N5O2S.C5H10O2.C5H12.C4H8.C2H6/c1-15-10-17(6-8-24-15)16-4-3-5-18(11-16)20-14-31-23(26-20)27-21(29)12-25-22(30)19-7-9-28(2)13-19;1-2-3-4-5(6)7;1-4-5(2)3;1-3-4-2;1-2/h3-11,13-14H,12H2,1-2H3,(H,25,30)(H,26,27,29);2-4H2,1H3,(H,6,7);5H,4H2,1-3H3;3H,1,4H2,2H3;1-2H3. The van der Waals surface area contributed by atoms with Gasteiger partial charge in [0.05, 0.1) is 17.8 Å². The Bertz CT molecular complexity index is 1530. The van der Waals surface area contributed by atoms with Gasteiger partial charge in [0.2, 0.25) is 5.91 Å². The number of anilines is 1. The third-order valence-electron chi connectivity index (χ3n) is 6.49. The lowest BCUT2D eigenvalue weighted by Crippen LogP contribution is -2.32. The maximum atomic E-state index is 12.2. The number of unbranched alkanes of at least 4 members (excludes halogenated alkanes) is 1. The third-order valence-corrected chi connectivity index (χ3v) is 7.25. The van der Waals surface area contributed by atoms with Crippen LogP contribution in [0.3, 0.4) is 0 Å². The summed E-state index contributed by atoms with van der Waals surface area (Å²) in [5, 5.41) is 15.8. The first kappa shape index (κ1) is 44.4. The number of allylic oxidation sites excluding steroid dienone is 1. The van der Waals surface area contributed by atoms with E-state index in [4.69, 9.17) is 5.11 Å². The van der Waals surface area contributed by atoms with E-state index in [0.717, 1.165) is 53.3 Å². The van der Waals surface area contributed by atoms with Crippen LogP contribution in [0.4, 0.5) is 5.13 Å². The summed E-state index contributed by atoms with van der Waals surface area (Å²) in [5.41, 5.74) is 5.37. The zero-order valence-corrected chi connectivity index (χ0v) is 31.7. The van der Waals surface area contributed by atoms with Gasteiger partial charge in [-0.3, -0.25) is 19.4 Å². The van der Waals surface area contributed by atoms with Crippen molar-refractivity contribution >= 4 is 34.3 Å². The molecule has 0 saturated heterocycles. The van der Waals surface area contributed by atoms with E-state index in [0.29, 0.717) is 17.1 Å². The molecule has 0 radical (unpaired) electrons. The molecule has 268 valence electrons. The molecule has 0 atom stereocenters. The third kappa shape index (κ3) is 19.8. The van der Waals surface area contributed by atoms with E-state index in [1.165, 1.54) is 17.8 Å². The fourth-order valence-corrected chi connectivity index (χ4v) is 4.17. The molecule has 0 aliphatic rings. The number of aromatic nitrogens is 3.